The van der Waals surface area contributed by atoms with Crippen molar-refractivity contribution in [2.45, 2.75) is 24.7 Å². The first-order valence-corrected chi connectivity index (χ1v) is 8.21. The summed E-state index contributed by atoms with van der Waals surface area (Å²) in [5.74, 6) is 1.71. The molecule has 0 spiro atoms. The van der Waals surface area contributed by atoms with Gasteiger partial charge >= 0.3 is 0 Å². The van der Waals surface area contributed by atoms with E-state index in [2.05, 4.69) is 5.16 Å². The molecule has 3 nitrogen and oxygen atoms in total. The topological polar surface area (TPSA) is 30.8 Å². The van der Waals surface area contributed by atoms with E-state index in [0.717, 1.165) is 10.6 Å². The summed E-state index contributed by atoms with van der Waals surface area (Å²) < 4.78 is 5.31. The van der Waals surface area contributed by atoms with Gasteiger partial charge < -0.3 is 9.57 Å². The summed E-state index contributed by atoms with van der Waals surface area (Å²) >= 11 is 19.6. The van der Waals surface area contributed by atoms with Crippen LogP contribution in [0.4, 0.5) is 0 Å². The molecule has 0 saturated heterocycles. The molecule has 1 aliphatic rings. The Labute approximate surface area is 137 Å². The number of ether oxygens (including phenoxy) is 1. The van der Waals surface area contributed by atoms with E-state index in [-0.39, 0.29) is 0 Å². The number of halogens is 3. The summed E-state index contributed by atoms with van der Waals surface area (Å²) in [7, 11) is 1.59. The van der Waals surface area contributed by atoms with Crippen LogP contribution in [0.5, 0.6) is 5.75 Å². The van der Waals surface area contributed by atoms with Crippen LogP contribution in [0.25, 0.3) is 0 Å². The summed E-state index contributed by atoms with van der Waals surface area (Å²) in [5.41, 5.74) is 0.525. The van der Waals surface area contributed by atoms with Gasteiger partial charge in [-0.3, -0.25) is 0 Å². The second kappa shape index (κ2) is 6.65. The monoisotopic (exact) mass is 353 g/mol. The third-order valence-electron chi connectivity index (χ3n) is 2.86. The molecule has 0 saturated carbocycles. The van der Waals surface area contributed by atoms with Gasteiger partial charge in [-0.2, -0.15) is 0 Å². The van der Waals surface area contributed by atoms with Crippen molar-refractivity contribution in [1.82, 2.24) is 0 Å². The quantitative estimate of drug-likeness (QED) is 0.715. The Hall–Kier alpha value is -0.290. The van der Waals surface area contributed by atoms with Crippen molar-refractivity contribution >= 4 is 51.6 Å². The van der Waals surface area contributed by atoms with Crippen LogP contribution < -0.4 is 4.74 Å². The first-order valence-electron chi connectivity index (χ1n) is 5.93. The van der Waals surface area contributed by atoms with E-state index in [9.17, 15) is 0 Å². The lowest BCUT2D eigenvalue weighted by atomic mass is 10.1. The van der Waals surface area contributed by atoms with Crippen LogP contribution >= 0.6 is 46.6 Å². The molecule has 1 aromatic rings. The summed E-state index contributed by atoms with van der Waals surface area (Å²) in [5, 5.41) is 6.06. The predicted octanol–water partition coefficient (Wildman–Crippen LogP) is 4.97. The molecule has 1 atom stereocenters. The van der Waals surface area contributed by atoms with Crippen molar-refractivity contribution in [3.8, 4) is 5.75 Å². The highest BCUT2D eigenvalue weighted by Gasteiger charge is 2.33. The summed E-state index contributed by atoms with van der Waals surface area (Å²) in [6, 6.07) is 3.51. The molecule has 1 aromatic carbocycles. The van der Waals surface area contributed by atoms with Crippen molar-refractivity contribution in [1.29, 1.82) is 0 Å². The largest absolute Gasteiger partial charge is 0.495 e. The van der Waals surface area contributed by atoms with Gasteiger partial charge in [-0.1, -0.05) is 28.4 Å². The number of rotatable bonds is 4. The number of nitrogens with zero attached hydrogens (tertiary/aromatic N) is 1. The molecule has 0 radical (unpaired) electrons. The van der Waals surface area contributed by atoms with Crippen LogP contribution in [0.1, 0.15) is 18.9 Å². The van der Waals surface area contributed by atoms with Gasteiger partial charge in [0.15, 0.2) is 5.60 Å². The molecule has 1 aliphatic heterocycles. The fraction of sp³-hybridized carbons (Fsp3) is 0.462. The lowest BCUT2D eigenvalue weighted by molar-refractivity contribution is 0.0152. The fourth-order valence-corrected chi connectivity index (χ4v) is 3.60. The van der Waals surface area contributed by atoms with Crippen LogP contribution in [0.3, 0.4) is 0 Å². The van der Waals surface area contributed by atoms with Crippen LogP contribution in [-0.4, -0.2) is 23.6 Å². The molecule has 7 heteroatoms. The third kappa shape index (κ3) is 3.67. The molecule has 0 aromatic heterocycles. The molecule has 0 N–H and O–H groups in total. The summed E-state index contributed by atoms with van der Waals surface area (Å²) in [6.07, 6.45) is 0.706. The molecule has 2 rings (SSSR count). The van der Waals surface area contributed by atoms with Crippen molar-refractivity contribution in [3.63, 3.8) is 0 Å². The van der Waals surface area contributed by atoms with Crippen molar-refractivity contribution in [2.75, 3.05) is 13.0 Å². The SMILES string of the molecule is COc1c(Cl)cc(Cl)cc1CSC1=NOC(C)(CCl)C1. The minimum atomic E-state index is -0.403. The highest BCUT2D eigenvalue weighted by Crippen LogP contribution is 2.36. The number of benzene rings is 1. The van der Waals surface area contributed by atoms with Crippen molar-refractivity contribution in [2.24, 2.45) is 5.16 Å². The van der Waals surface area contributed by atoms with E-state index >= 15 is 0 Å². The Morgan fingerprint density at radius 1 is 1.45 bits per heavy atom. The molecular formula is C13H14Cl3NO2S. The predicted molar refractivity (Wildman–Crippen MR) is 86.6 cm³/mol. The molecule has 0 amide bonds. The average molecular weight is 355 g/mol. The molecule has 1 heterocycles. The van der Waals surface area contributed by atoms with Crippen LogP contribution in [-0.2, 0) is 10.6 Å². The van der Waals surface area contributed by atoms with Crippen molar-refractivity contribution < 1.29 is 9.57 Å². The van der Waals surface area contributed by atoms with Crippen LogP contribution in [0.2, 0.25) is 10.0 Å². The maximum Gasteiger partial charge on any atom is 0.154 e. The number of alkyl halides is 1. The van der Waals surface area contributed by atoms with Gasteiger partial charge in [0.05, 0.1) is 18.0 Å². The number of hydrogen-bond donors (Lipinski definition) is 0. The molecule has 20 heavy (non-hydrogen) atoms. The number of oxime groups is 1. The second-order valence-corrected chi connectivity index (χ2v) is 6.86. The minimum Gasteiger partial charge on any atom is -0.495 e. The maximum absolute atomic E-state index is 6.11. The van der Waals surface area contributed by atoms with Gasteiger partial charge in [-0.15, -0.1) is 23.4 Å². The first-order chi connectivity index (χ1) is 9.47. The molecular weight excluding hydrogens is 341 g/mol. The number of methoxy groups -OCH3 is 1. The van der Waals surface area contributed by atoms with E-state index in [1.807, 2.05) is 13.0 Å². The Balaban J connectivity index is 2.05. The fourth-order valence-electron chi connectivity index (χ4n) is 1.81. The average Bonchev–Trinajstić information content (AvgIpc) is 2.78. The van der Waals surface area contributed by atoms with Crippen LogP contribution in [0.15, 0.2) is 17.3 Å². The van der Waals surface area contributed by atoms with Gasteiger partial charge in [0.1, 0.15) is 10.8 Å². The second-order valence-electron chi connectivity index (χ2n) is 4.71. The Kier molecular flexibility index (Phi) is 5.35. The smallest absolute Gasteiger partial charge is 0.154 e. The van der Waals surface area contributed by atoms with E-state index in [1.165, 1.54) is 0 Å². The van der Waals surface area contributed by atoms with E-state index in [4.69, 9.17) is 44.4 Å². The van der Waals surface area contributed by atoms with Crippen LogP contribution in [0, 0.1) is 0 Å². The maximum atomic E-state index is 6.11. The number of thioether (sulfide) groups is 1. The summed E-state index contributed by atoms with van der Waals surface area (Å²) in [4.78, 5) is 5.35. The van der Waals surface area contributed by atoms with Gasteiger partial charge in [-0.05, 0) is 19.1 Å². The van der Waals surface area contributed by atoms with E-state index in [0.29, 0.717) is 33.8 Å². The van der Waals surface area contributed by atoms with Gasteiger partial charge in [0.25, 0.3) is 0 Å². The lowest BCUT2D eigenvalue weighted by Crippen LogP contribution is -2.26. The molecule has 0 aliphatic carbocycles. The zero-order valence-electron chi connectivity index (χ0n) is 11.1. The third-order valence-corrected chi connectivity index (χ3v) is 4.93. The standard InChI is InChI=1S/C13H14Cl3NO2S/c1-13(7-14)5-11(17-19-13)20-6-8-3-9(15)4-10(16)12(8)18-2/h3-4H,5-7H2,1-2H3. The Morgan fingerprint density at radius 2 is 2.20 bits per heavy atom. The Morgan fingerprint density at radius 3 is 2.80 bits per heavy atom. The summed E-state index contributed by atoms with van der Waals surface area (Å²) in [6.45, 7) is 1.94. The van der Waals surface area contributed by atoms with Crippen molar-refractivity contribution in [3.05, 3.63) is 27.7 Å². The highest BCUT2D eigenvalue weighted by molar-refractivity contribution is 8.13. The molecule has 1 unspecified atom stereocenters. The van der Waals surface area contributed by atoms with Gasteiger partial charge in [-0.25, -0.2) is 0 Å². The zero-order valence-corrected chi connectivity index (χ0v) is 14.2. The lowest BCUT2D eigenvalue weighted by Gasteiger charge is -2.16. The molecule has 110 valence electrons. The van der Waals surface area contributed by atoms with Gasteiger partial charge in [0, 0.05) is 22.8 Å². The van der Waals surface area contributed by atoms with E-state index < -0.39 is 5.60 Å². The number of hydrogen-bond acceptors (Lipinski definition) is 4. The first kappa shape index (κ1) is 16.1. The normalized spacial score (nSPS) is 21.6. The molecule has 0 bridgehead atoms. The highest BCUT2D eigenvalue weighted by atomic mass is 35.5. The Bertz CT molecular complexity index is 539. The zero-order chi connectivity index (χ0) is 14.8. The molecule has 0 fully saturated rings. The minimum absolute atomic E-state index is 0.403. The van der Waals surface area contributed by atoms with E-state index in [1.54, 1.807) is 24.9 Å². The van der Waals surface area contributed by atoms with Gasteiger partial charge in [0.2, 0.25) is 0 Å².